The number of ether oxygens (including phenoxy) is 1. The molecule has 86 valence electrons. The number of carbonyl (C=O) groups excluding carboxylic acids is 1. The predicted octanol–water partition coefficient (Wildman–Crippen LogP) is 2.17. The van der Waals surface area contributed by atoms with Crippen molar-refractivity contribution in [3.8, 4) is 5.75 Å². The van der Waals surface area contributed by atoms with Gasteiger partial charge in [-0.15, -0.1) is 0 Å². The topological polar surface area (TPSA) is 56.5 Å². The van der Waals surface area contributed by atoms with Crippen LogP contribution in [0.1, 0.15) is 16.1 Å². The number of aryl methyl sites for hydroxylation is 1. The molecule has 0 N–H and O–H groups in total. The van der Waals surface area contributed by atoms with E-state index in [4.69, 9.17) is 9.15 Å². The SMILES string of the molecule is Cc1occc(=O)c1OC(=O)c1ccccc1. The summed E-state index contributed by atoms with van der Waals surface area (Å²) < 4.78 is 10.0. The first-order valence-electron chi connectivity index (χ1n) is 5.04. The summed E-state index contributed by atoms with van der Waals surface area (Å²) in [5, 5.41) is 0. The Bertz CT molecular complexity index is 584. The normalized spacial score (nSPS) is 9.94. The molecule has 0 unspecified atom stereocenters. The van der Waals surface area contributed by atoms with Crippen molar-refractivity contribution in [3.05, 3.63) is 64.2 Å². The molecule has 0 aliphatic carbocycles. The van der Waals surface area contributed by atoms with Crippen LogP contribution in [0.15, 0.2) is 51.9 Å². The van der Waals surface area contributed by atoms with Crippen molar-refractivity contribution in [2.24, 2.45) is 0 Å². The van der Waals surface area contributed by atoms with Crippen LogP contribution in [0.25, 0.3) is 0 Å². The molecule has 0 amide bonds. The lowest BCUT2D eigenvalue weighted by molar-refractivity contribution is 0.0727. The average Bonchev–Trinajstić information content (AvgIpc) is 2.35. The molecule has 0 atom stereocenters. The van der Waals surface area contributed by atoms with Gasteiger partial charge in [0.15, 0.2) is 0 Å². The zero-order valence-electron chi connectivity index (χ0n) is 9.17. The van der Waals surface area contributed by atoms with Gasteiger partial charge < -0.3 is 9.15 Å². The van der Waals surface area contributed by atoms with E-state index in [1.165, 1.54) is 12.3 Å². The molecule has 0 radical (unpaired) electrons. The number of benzene rings is 1. The summed E-state index contributed by atoms with van der Waals surface area (Å²) in [5.41, 5.74) is 0.00758. The maximum absolute atomic E-state index is 11.7. The fraction of sp³-hybridized carbons (Fsp3) is 0.0769. The molecule has 0 bridgehead atoms. The summed E-state index contributed by atoms with van der Waals surface area (Å²) in [4.78, 5) is 23.2. The zero-order chi connectivity index (χ0) is 12.3. The highest BCUT2D eigenvalue weighted by Crippen LogP contribution is 2.12. The predicted molar refractivity (Wildman–Crippen MR) is 61.1 cm³/mol. The van der Waals surface area contributed by atoms with Gasteiger partial charge in [0.1, 0.15) is 5.76 Å². The van der Waals surface area contributed by atoms with Crippen molar-refractivity contribution in [1.82, 2.24) is 0 Å². The van der Waals surface area contributed by atoms with E-state index in [9.17, 15) is 9.59 Å². The molecule has 0 aliphatic heterocycles. The van der Waals surface area contributed by atoms with Crippen LogP contribution in [-0.4, -0.2) is 5.97 Å². The Labute approximate surface area is 97.5 Å². The van der Waals surface area contributed by atoms with Crippen molar-refractivity contribution >= 4 is 5.97 Å². The minimum atomic E-state index is -0.577. The van der Waals surface area contributed by atoms with Crippen LogP contribution in [0.3, 0.4) is 0 Å². The lowest BCUT2D eigenvalue weighted by Gasteiger charge is -2.04. The van der Waals surface area contributed by atoms with Crippen molar-refractivity contribution in [1.29, 1.82) is 0 Å². The smallest absolute Gasteiger partial charge is 0.343 e. The van der Waals surface area contributed by atoms with E-state index >= 15 is 0 Å². The Morgan fingerprint density at radius 3 is 2.53 bits per heavy atom. The first-order valence-corrected chi connectivity index (χ1v) is 5.04. The second kappa shape index (κ2) is 4.65. The molecule has 1 aromatic carbocycles. The van der Waals surface area contributed by atoms with Crippen molar-refractivity contribution in [2.75, 3.05) is 0 Å². The second-order valence-electron chi connectivity index (χ2n) is 3.43. The van der Waals surface area contributed by atoms with E-state index in [0.29, 0.717) is 5.56 Å². The number of hydrogen-bond acceptors (Lipinski definition) is 4. The van der Waals surface area contributed by atoms with Gasteiger partial charge in [-0.3, -0.25) is 4.79 Å². The third kappa shape index (κ3) is 2.42. The van der Waals surface area contributed by atoms with E-state index < -0.39 is 5.97 Å². The fourth-order valence-electron chi connectivity index (χ4n) is 1.35. The molecule has 1 heterocycles. The van der Waals surface area contributed by atoms with Crippen LogP contribution < -0.4 is 10.2 Å². The van der Waals surface area contributed by atoms with E-state index in [-0.39, 0.29) is 16.9 Å². The molecule has 17 heavy (non-hydrogen) atoms. The van der Waals surface area contributed by atoms with Gasteiger partial charge in [-0.25, -0.2) is 4.79 Å². The maximum Gasteiger partial charge on any atom is 0.343 e. The van der Waals surface area contributed by atoms with Crippen molar-refractivity contribution < 1.29 is 13.9 Å². The summed E-state index contributed by atoms with van der Waals surface area (Å²) in [7, 11) is 0. The minimum absolute atomic E-state index is 0.0682. The number of rotatable bonds is 2. The van der Waals surface area contributed by atoms with Gasteiger partial charge in [-0.2, -0.15) is 0 Å². The number of hydrogen-bond donors (Lipinski definition) is 0. The van der Waals surface area contributed by atoms with E-state index in [1.54, 1.807) is 37.3 Å². The largest absolute Gasteiger partial charge is 0.465 e. The van der Waals surface area contributed by atoms with Gasteiger partial charge in [-0.1, -0.05) is 18.2 Å². The van der Waals surface area contributed by atoms with Gasteiger partial charge in [0.2, 0.25) is 11.2 Å². The van der Waals surface area contributed by atoms with Crippen LogP contribution in [-0.2, 0) is 0 Å². The standard InChI is InChI=1S/C13H10O4/c1-9-12(11(14)7-8-16-9)17-13(15)10-5-3-2-4-6-10/h2-8H,1H3. The summed E-state index contributed by atoms with van der Waals surface area (Å²) >= 11 is 0. The van der Waals surface area contributed by atoms with Crippen LogP contribution in [0.2, 0.25) is 0 Å². The molecule has 0 saturated heterocycles. The first kappa shape index (κ1) is 11.1. The highest BCUT2D eigenvalue weighted by atomic mass is 16.5. The molecule has 0 spiro atoms. The third-order valence-electron chi connectivity index (χ3n) is 2.21. The maximum atomic E-state index is 11.7. The lowest BCUT2D eigenvalue weighted by Crippen LogP contribution is -2.15. The summed E-state index contributed by atoms with van der Waals surface area (Å²) in [6, 6.07) is 9.66. The van der Waals surface area contributed by atoms with Crippen molar-refractivity contribution in [2.45, 2.75) is 6.92 Å². The van der Waals surface area contributed by atoms with Gasteiger partial charge in [0.25, 0.3) is 0 Å². The molecular weight excluding hydrogens is 220 g/mol. The number of esters is 1. The molecule has 4 heteroatoms. The molecule has 1 aromatic heterocycles. The van der Waals surface area contributed by atoms with Crippen molar-refractivity contribution in [3.63, 3.8) is 0 Å². The Balaban J connectivity index is 2.28. The zero-order valence-corrected chi connectivity index (χ0v) is 9.17. The second-order valence-corrected chi connectivity index (χ2v) is 3.43. The van der Waals surface area contributed by atoms with Crippen LogP contribution in [0.4, 0.5) is 0 Å². The molecule has 2 aromatic rings. The molecular formula is C13H10O4. The Morgan fingerprint density at radius 2 is 1.88 bits per heavy atom. The Hall–Kier alpha value is -2.36. The Morgan fingerprint density at radius 1 is 1.18 bits per heavy atom. The summed E-state index contributed by atoms with van der Waals surface area (Å²) in [6.07, 6.45) is 1.26. The highest BCUT2D eigenvalue weighted by Gasteiger charge is 2.13. The van der Waals surface area contributed by atoms with Crippen LogP contribution in [0.5, 0.6) is 5.75 Å². The molecule has 0 saturated carbocycles. The minimum Gasteiger partial charge on any atom is -0.465 e. The fourth-order valence-corrected chi connectivity index (χ4v) is 1.35. The lowest BCUT2D eigenvalue weighted by atomic mass is 10.2. The van der Waals surface area contributed by atoms with Gasteiger partial charge in [-0.05, 0) is 19.1 Å². The summed E-state index contributed by atoms with van der Waals surface area (Å²) in [6.45, 7) is 1.56. The third-order valence-corrected chi connectivity index (χ3v) is 2.21. The van der Waals surface area contributed by atoms with E-state index in [2.05, 4.69) is 0 Å². The average molecular weight is 230 g/mol. The molecule has 4 nitrogen and oxygen atoms in total. The van der Waals surface area contributed by atoms with Crippen LogP contribution in [0, 0.1) is 6.92 Å². The number of carbonyl (C=O) groups is 1. The molecule has 0 fully saturated rings. The van der Waals surface area contributed by atoms with E-state index in [0.717, 1.165) is 0 Å². The van der Waals surface area contributed by atoms with Gasteiger partial charge in [0, 0.05) is 6.07 Å². The Kier molecular flexibility index (Phi) is 3.05. The van der Waals surface area contributed by atoms with Gasteiger partial charge >= 0.3 is 5.97 Å². The van der Waals surface area contributed by atoms with Crippen LogP contribution >= 0.6 is 0 Å². The summed E-state index contributed by atoms with van der Waals surface area (Å²) in [5.74, 6) is -0.365. The highest BCUT2D eigenvalue weighted by molar-refractivity contribution is 5.91. The van der Waals surface area contributed by atoms with E-state index in [1.807, 2.05) is 0 Å². The monoisotopic (exact) mass is 230 g/mol. The molecule has 2 rings (SSSR count). The quantitative estimate of drug-likeness (QED) is 0.742. The first-order chi connectivity index (χ1) is 8.18. The molecule has 0 aliphatic rings. The van der Waals surface area contributed by atoms with Gasteiger partial charge in [0.05, 0.1) is 11.8 Å².